The number of rotatable bonds is 20. The fourth-order valence-electron chi connectivity index (χ4n) is 4.46. The Hall–Kier alpha value is -0.730. The summed E-state index contributed by atoms with van der Waals surface area (Å²) in [5.74, 6) is -0.340. The zero-order valence-corrected chi connectivity index (χ0v) is 21.2. The number of aliphatic hydroxyl groups excluding tert-OH is 3. The Morgan fingerprint density at radius 3 is 1.67 bits per heavy atom. The highest BCUT2D eigenvalue weighted by molar-refractivity contribution is 5.73. The van der Waals surface area contributed by atoms with Gasteiger partial charge in [0.15, 0.2) is 6.29 Å². The van der Waals surface area contributed by atoms with Crippen molar-refractivity contribution in [1.82, 2.24) is 5.32 Å². The summed E-state index contributed by atoms with van der Waals surface area (Å²) in [4.78, 5) is 11.4. The van der Waals surface area contributed by atoms with Crippen LogP contribution in [0.4, 0.5) is 0 Å². The van der Waals surface area contributed by atoms with Gasteiger partial charge in [0.1, 0.15) is 24.4 Å². The molecule has 5 atom stereocenters. The first-order valence-corrected chi connectivity index (χ1v) is 13.5. The van der Waals surface area contributed by atoms with Crippen molar-refractivity contribution in [3.05, 3.63) is 0 Å². The van der Waals surface area contributed by atoms with Gasteiger partial charge in [-0.05, 0) is 6.42 Å². The van der Waals surface area contributed by atoms with Gasteiger partial charge in [0, 0.05) is 13.5 Å². The Bertz CT molecular complexity index is 478. The van der Waals surface area contributed by atoms with E-state index in [1.165, 1.54) is 96.8 Å². The number of hydrogen-bond acceptors (Lipinski definition) is 6. The highest BCUT2D eigenvalue weighted by Crippen LogP contribution is 2.22. The second-order valence-corrected chi connectivity index (χ2v) is 9.61. The summed E-state index contributed by atoms with van der Waals surface area (Å²) < 4.78 is 11.3. The van der Waals surface area contributed by atoms with E-state index in [1.807, 2.05) is 0 Å². The van der Waals surface area contributed by atoms with Crippen LogP contribution in [0.2, 0.25) is 0 Å². The molecule has 1 saturated heterocycles. The highest BCUT2D eigenvalue weighted by Gasteiger charge is 2.45. The van der Waals surface area contributed by atoms with Gasteiger partial charge < -0.3 is 30.1 Å². The van der Waals surface area contributed by atoms with E-state index >= 15 is 0 Å². The summed E-state index contributed by atoms with van der Waals surface area (Å²) in [6, 6.07) is -0.860. The fraction of sp³-hybridized carbons (Fsp3) is 0.962. The molecule has 0 aliphatic carbocycles. The molecule has 0 aromatic heterocycles. The molecule has 1 heterocycles. The molecule has 1 fully saturated rings. The molecule has 0 aromatic rings. The minimum absolute atomic E-state index is 0.340. The van der Waals surface area contributed by atoms with E-state index in [1.54, 1.807) is 0 Å². The summed E-state index contributed by atoms with van der Waals surface area (Å²) in [6.07, 6.45) is 16.5. The van der Waals surface area contributed by atoms with E-state index in [2.05, 4.69) is 12.2 Å². The van der Waals surface area contributed by atoms with E-state index in [9.17, 15) is 20.1 Å². The zero-order chi connectivity index (χ0) is 24.3. The van der Waals surface area contributed by atoms with Gasteiger partial charge in [0.25, 0.3) is 0 Å². The maximum Gasteiger partial charge on any atom is 0.217 e. The van der Waals surface area contributed by atoms with Crippen LogP contribution in [0.25, 0.3) is 0 Å². The van der Waals surface area contributed by atoms with Crippen molar-refractivity contribution >= 4 is 5.91 Å². The number of hydrogen-bond donors (Lipinski definition) is 4. The Kier molecular flexibility index (Phi) is 18.0. The van der Waals surface area contributed by atoms with Crippen molar-refractivity contribution < 1.29 is 29.6 Å². The molecule has 0 saturated carbocycles. The largest absolute Gasteiger partial charge is 0.394 e. The predicted octanol–water partition coefficient (Wildman–Crippen LogP) is 4.21. The lowest BCUT2D eigenvalue weighted by Crippen LogP contribution is -2.64. The van der Waals surface area contributed by atoms with E-state index in [0.717, 1.165) is 12.8 Å². The maximum atomic E-state index is 11.4. The monoisotopic (exact) mass is 473 g/mol. The lowest BCUT2D eigenvalue weighted by molar-refractivity contribution is -0.270. The van der Waals surface area contributed by atoms with Gasteiger partial charge in [0.2, 0.25) is 5.91 Å². The van der Waals surface area contributed by atoms with E-state index in [0.29, 0.717) is 6.61 Å². The molecular formula is C26H51NO6. The molecule has 1 amide bonds. The molecule has 0 radical (unpaired) electrons. The first kappa shape index (κ1) is 30.3. The van der Waals surface area contributed by atoms with Crippen LogP contribution in [-0.4, -0.2) is 65.1 Å². The number of carbonyl (C=O) groups excluding carboxylic acids is 1. The highest BCUT2D eigenvalue weighted by atomic mass is 16.7. The van der Waals surface area contributed by atoms with Crippen molar-refractivity contribution in [2.24, 2.45) is 0 Å². The number of nitrogens with one attached hydrogen (secondary N) is 1. The Balaban J connectivity index is 2.01. The lowest BCUT2D eigenvalue weighted by Gasteiger charge is -2.42. The van der Waals surface area contributed by atoms with E-state index in [-0.39, 0.29) is 5.91 Å². The molecular weight excluding hydrogens is 422 g/mol. The maximum absolute atomic E-state index is 11.4. The SMILES string of the molecule is CCCCCCCCCCCCCCCCCCOC1OC(CO)C(O)C(O)C1NC(C)=O. The normalized spacial score (nSPS) is 25.3. The topological polar surface area (TPSA) is 108 Å². The summed E-state index contributed by atoms with van der Waals surface area (Å²) in [7, 11) is 0. The van der Waals surface area contributed by atoms with Crippen molar-refractivity contribution in [3.8, 4) is 0 Å². The molecule has 7 heteroatoms. The van der Waals surface area contributed by atoms with E-state index < -0.39 is 37.3 Å². The first-order valence-electron chi connectivity index (χ1n) is 13.5. The molecule has 0 spiro atoms. The third-order valence-electron chi connectivity index (χ3n) is 6.53. The van der Waals surface area contributed by atoms with Crippen LogP contribution >= 0.6 is 0 Å². The quantitative estimate of drug-likeness (QED) is 0.197. The molecule has 5 unspecified atom stereocenters. The molecule has 196 valence electrons. The summed E-state index contributed by atoms with van der Waals surface area (Å²) >= 11 is 0. The van der Waals surface area contributed by atoms with Gasteiger partial charge in [-0.3, -0.25) is 4.79 Å². The molecule has 7 nitrogen and oxygen atoms in total. The standard InChI is InChI=1S/C26H51NO6/c1-3-4-5-6-7-8-9-10-11-12-13-14-15-16-17-18-19-32-26-23(27-21(2)29)25(31)24(30)22(20-28)33-26/h22-26,28,30-31H,3-20H2,1-2H3,(H,27,29). The average Bonchev–Trinajstić information content (AvgIpc) is 2.80. The van der Waals surface area contributed by atoms with Gasteiger partial charge in [-0.2, -0.15) is 0 Å². The first-order chi connectivity index (χ1) is 16.0. The zero-order valence-electron chi connectivity index (χ0n) is 21.2. The second kappa shape index (κ2) is 19.6. The molecule has 1 rings (SSSR count). The predicted molar refractivity (Wildman–Crippen MR) is 131 cm³/mol. The number of unbranched alkanes of at least 4 members (excludes halogenated alkanes) is 15. The number of aliphatic hydroxyl groups is 3. The Labute approximate surface area is 201 Å². The van der Waals surface area contributed by atoms with Gasteiger partial charge in [0.05, 0.1) is 6.61 Å². The summed E-state index contributed by atoms with van der Waals surface area (Å²) in [5, 5.41) is 32.2. The number of ether oxygens (including phenoxy) is 2. The van der Waals surface area contributed by atoms with Crippen molar-refractivity contribution in [2.75, 3.05) is 13.2 Å². The summed E-state index contributed by atoms with van der Waals surface area (Å²) in [6.45, 7) is 3.62. The molecule has 1 aliphatic rings. The van der Waals surface area contributed by atoms with Crippen LogP contribution in [0, 0.1) is 0 Å². The smallest absolute Gasteiger partial charge is 0.217 e. The van der Waals surface area contributed by atoms with E-state index in [4.69, 9.17) is 9.47 Å². The third-order valence-corrected chi connectivity index (χ3v) is 6.53. The van der Waals surface area contributed by atoms with Crippen molar-refractivity contribution in [2.45, 2.75) is 147 Å². The lowest BCUT2D eigenvalue weighted by atomic mass is 9.97. The minimum atomic E-state index is -1.28. The Morgan fingerprint density at radius 2 is 1.24 bits per heavy atom. The third kappa shape index (κ3) is 13.7. The number of amides is 1. The van der Waals surface area contributed by atoms with Crippen LogP contribution in [0.15, 0.2) is 0 Å². The van der Waals surface area contributed by atoms with Gasteiger partial charge in [-0.15, -0.1) is 0 Å². The second-order valence-electron chi connectivity index (χ2n) is 9.61. The average molecular weight is 474 g/mol. The van der Waals surface area contributed by atoms with Gasteiger partial charge >= 0.3 is 0 Å². The minimum Gasteiger partial charge on any atom is -0.394 e. The molecule has 33 heavy (non-hydrogen) atoms. The van der Waals surface area contributed by atoms with Gasteiger partial charge in [-0.25, -0.2) is 0 Å². The Morgan fingerprint density at radius 1 is 0.788 bits per heavy atom. The van der Waals surface area contributed by atoms with Crippen LogP contribution in [0.5, 0.6) is 0 Å². The van der Waals surface area contributed by atoms with Crippen LogP contribution < -0.4 is 5.32 Å². The van der Waals surface area contributed by atoms with Crippen molar-refractivity contribution in [3.63, 3.8) is 0 Å². The molecule has 4 N–H and O–H groups in total. The number of carbonyl (C=O) groups is 1. The van der Waals surface area contributed by atoms with Crippen LogP contribution in [-0.2, 0) is 14.3 Å². The fourth-order valence-corrected chi connectivity index (χ4v) is 4.46. The van der Waals surface area contributed by atoms with Gasteiger partial charge in [-0.1, -0.05) is 103 Å². The van der Waals surface area contributed by atoms with Crippen LogP contribution in [0.3, 0.4) is 0 Å². The molecule has 0 aromatic carbocycles. The molecule has 1 aliphatic heterocycles. The summed E-state index contributed by atoms with van der Waals surface area (Å²) in [5.41, 5.74) is 0. The van der Waals surface area contributed by atoms with Crippen LogP contribution in [0.1, 0.15) is 117 Å². The van der Waals surface area contributed by atoms with Crippen molar-refractivity contribution in [1.29, 1.82) is 0 Å². The molecule has 0 bridgehead atoms.